The van der Waals surface area contributed by atoms with Gasteiger partial charge in [-0.3, -0.25) is 4.79 Å². The van der Waals surface area contributed by atoms with Gasteiger partial charge < -0.3 is 24.4 Å². The Morgan fingerprint density at radius 3 is 2.55 bits per heavy atom. The number of hydrogen-bond donors (Lipinski definition) is 2. The molecule has 1 saturated heterocycles. The van der Waals surface area contributed by atoms with Gasteiger partial charge in [0.2, 0.25) is 5.79 Å². The van der Waals surface area contributed by atoms with Gasteiger partial charge in [0.1, 0.15) is 12.2 Å². The molecule has 0 saturated carbocycles. The van der Waals surface area contributed by atoms with E-state index in [0.717, 1.165) is 0 Å². The average molecular weight is 290 g/mol. The number of rotatable bonds is 8. The molecule has 0 aromatic rings. The third-order valence-electron chi connectivity index (χ3n) is 3.41. The van der Waals surface area contributed by atoms with Gasteiger partial charge in [0, 0.05) is 26.1 Å². The average Bonchev–Trinajstić information content (AvgIpc) is 2.43. The monoisotopic (exact) mass is 290 g/mol. The fourth-order valence-electron chi connectivity index (χ4n) is 2.51. The first-order chi connectivity index (χ1) is 9.54. The summed E-state index contributed by atoms with van der Waals surface area (Å²) in [5.74, 6) is -1.59. The van der Waals surface area contributed by atoms with E-state index >= 15 is 0 Å². The summed E-state index contributed by atoms with van der Waals surface area (Å²) in [6.45, 7) is 5.82. The quantitative estimate of drug-likeness (QED) is 0.682. The molecule has 6 nitrogen and oxygen atoms in total. The van der Waals surface area contributed by atoms with E-state index in [1.807, 2.05) is 13.8 Å². The highest BCUT2D eigenvalue weighted by atomic mass is 16.7. The Balaban J connectivity index is 2.99. The second-order valence-corrected chi connectivity index (χ2v) is 4.89. The number of ether oxygens (including phenoxy) is 3. The molecule has 20 heavy (non-hydrogen) atoms. The maximum Gasteiger partial charge on any atom is 0.231 e. The zero-order valence-electron chi connectivity index (χ0n) is 12.5. The lowest BCUT2D eigenvalue weighted by molar-refractivity contribution is -0.308. The molecule has 1 aliphatic rings. The van der Waals surface area contributed by atoms with Crippen molar-refractivity contribution in [1.82, 2.24) is 0 Å². The van der Waals surface area contributed by atoms with E-state index in [1.165, 1.54) is 0 Å². The molecule has 0 aromatic heterocycles. The first-order valence-electron chi connectivity index (χ1n) is 7.30. The number of ketones is 1. The molecule has 1 heterocycles. The van der Waals surface area contributed by atoms with Crippen molar-refractivity contribution in [3.63, 3.8) is 0 Å². The molecule has 0 radical (unpaired) electrons. The lowest BCUT2D eigenvalue weighted by Crippen LogP contribution is -2.60. The maximum absolute atomic E-state index is 12.4. The standard InChI is InChI=1S/C14H26O6/c1-4-7-12(16)14(19-6-3)8-10(18-5-2)13(17)11(9-15)20-14/h10-11,13,15,17H,4-9H2,1-3H3/t10-,11-,13+,14+/m1/s1. The molecule has 0 bridgehead atoms. The van der Waals surface area contributed by atoms with Crippen molar-refractivity contribution in [3.05, 3.63) is 0 Å². The Kier molecular flexibility index (Phi) is 7.05. The summed E-state index contributed by atoms with van der Waals surface area (Å²) in [5, 5.41) is 19.4. The Labute approximate surface area is 120 Å². The van der Waals surface area contributed by atoms with Gasteiger partial charge in [0.05, 0.1) is 12.7 Å². The molecule has 2 N–H and O–H groups in total. The van der Waals surface area contributed by atoms with Gasteiger partial charge in [-0.25, -0.2) is 0 Å². The van der Waals surface area contributed by atoms with Gasteiger partial charge in [0.25, 0.3) is 0 Å². The van der Waals surface area contributed by atoms with Crippen LogP contribution in [0.15, 0.2) is 0 Å². The summed E-state index contributed by atoms with van der Waals surface area (Å²) in [7, 11) is 0. The van der Waals surface area contributed by atoms with E-state index in [4.69, 9.17) is 14.2 Å². The van der Waals surface area contributed by atoms with Crippen molar-refractivity contribution in [2.24, 2.45) is 0 Å². The Hall–Kier alpha value is -0.530. The van der Waals surface area contributed by atoms with Crippen molar-refractivity contribution in [1.29, 1.82) is 0 Å². The molecule has 0 spiro atoms. The van der Waals surface area contributed by atoms with E-state index < -0.39 is 24.1 Å². The number of carbonyl (C=O) groups excluding carboxylic acids is 1. The summed E-state index contributed by atoms with van der Waals surface area (Å²) in [6.07, 6.45) is -1.28. The third-order valence-corrected chi connectivity index (χ3v) is 3.41. The highest BCUT2D eigenvalue weighted by Crippen LogP contribution is 2.34. The summed E-state index contributed by atoms with van der Waals surface area (Å²) < 4.78 is 16.7. The number of Topliss-reactive ketones (excluding diaryl/α,β-unsaturated/α-hetero) is 1. The SMILES string of the molecule is CCCC(=O)[C@]1(OCC)C[C@@H](OCC)[C@H](O)[C@@H](CO)O1. The van der Waals surface area contributed by atoms with Gasteiger partial charge in [0.15, 0.2) is 5.78 Å². The first kappa shape index (κ1) is 17.5. The van der Waals surface area contributed by atoms with Crippen LogP contribution < -0.4 is 0 Å². The van der Waals surface area contributed by atoms with Crippen molar-refractivity contribution >= 4 is 5.78 Å². The third kappa shape index (κ3) is 3.77. The molecule has 1 aliphatic heterocycles. The van der Waals surface area contributed by atoms with Crippen molar-refractivity contribution in [3.8, 4) is 0 Å². The van der Waals surface area contributed by atoms with Crippen LogP contribution in [0.1, 0.15) is 40.0 Å². The van der Waals surface area contributed by atoms with Crippen LogP contribution in [0.5, 0.6) is 0 Å². The van der Waals surface area contributed by atoms with Crippen LogP contribution in [0.25, 0.3) is 0 Å². The van der Waals surface area contributed by atoms with Crippen molar-refractivity contribution in [2.75, 3.05) is 19.8 Å². The minimum atomic E-state index is -1.42. The highest BCUT2D eigenvalue weighted by molar-refractivity contribution is 5.86. The van der Waals surface area contributed by atoms with E-state index in [1.54, 1.807) is 6.92 Å². The van der Waals surface area contributed by atoms with Crippen LogP contribution >= 0.6 is 0 Å². The van der Waals surface area contributed by atoms with Crippen LogP contribution in [-0.4, -0.2) is 59.9 Å². The fraction of sp³-hybridized carbons (Fsp3) is 0.929. The van der Waals surface area contributed by atoms with E-state index in [-0.39, 0.29) is 18.8 Å². The smallest absolute Gasteiger partial charge is 0.231 e. The second-order valence-electron chi connectivity index (χ2n) is 4.89. The molecule has 0 unspecified atom stereocenters. The van der Waals surface area contributed by atoms with Gasteiger partial charge >= 0.3 is 0 Å². The number of hydrogen-bond acceptors (Lipinski definition) is 6. The van der Waals surface area contributed by atoms with Crippen LogP contribution in [0.4, 0.5) is 0 Å². The predicted molar refractivity (Wildman–Crippen MR) is 72.3 cm³/mol. The number of carbonyl (C=O) groups is 1. The van der Waals surface area contributed by atoms with Gasteiger partial charge in [-0.15, -0.1) is 0 Å². The summed E-state index contributed by atoms with van der Waals surface area (Å²) in [4.78, 5) is 12.4. The summed E-state index contributed by atoms with van der Waals surface area (Å²) in [6, 6.07) is 0. The molecule has 4 atom stereocenters. The van der Waals surface area contributed by atoms with E-state index in [2.05, 4.69) is 0 Å². The van der Waals surface area contributed by atoms with Crippen molar-refractivity contribution in [2.45, 2.75) is 64.1 Å². The topological polar surface area (TPSA) is 85.2 Å². The van der Waals surface area contributed by atoms with Crippen LogP contribution in [0.2, 0.25) is 0 Å². The predicted octanol–water partition coefficient (Wildman–Crippen LogP) is 0.636. The molecule has 118 valence electrons. The fourth-order valence-corrected chi connectivity index (χ4v) is 2.51. The highest BCUT2D eigenvalue weighted by Gasteiger charge is 2.51. The minimum absolute atomic E-state index is 0.144. The van der Waals surface area contributed by atoms with Gasteiger partial charge in [-0.05, 0) is 20.3 Å². The van der Waals surface area contributed by atoms with Gasteiger partial charge in [-0.1, -0.05) is 6.92 Å². The summed E-state index contributed by atoms with van der Waals surface area (Å²) in [5.41, 5.74) is 0. The minimum Gasteiger partial charge on any atom is -0.394 e. The zero-order chi connectivity index (χ0) is 15.2. The van der Waals surface area contributed by atoms with Crippen LogP contribution in [0.3, 0.4) is 0 Å². The number of aliphatic hydroxyl groups excluding tert-OH is 2. The van der Waals surface area contributed by atoms with Crippen LogP contribution in [-0.2, 0) is 19.0 Å². The van der Waals surface area contributed by atoms with E-state index in [0.29, 0.717) is 26.1 Å². The largest absolute Gasteiger partial charge is 0.394 e. The Morgan fingerprint density at radius 2 is 2.05 bits per heavy atom. The molecule has 0 aromatic carbocycles. The van der Waals surface area contributed by atoms with Crippen molar-refractivity contribution < 1.29 is 29.2 Å². The molecular weight excluding hydrogens is 264 g/mol. The maximum atomic E-state index is 12.4. The number of aliphatic hydroxyl groups is 2. The molecule has 1 rings (SSSR count). The Morgan fingerprint density at radius 1 is 1.35 bits per heavy atom. The van der Waals surface area contributed by atoms with Gasteiger partial charge in [-0.2, -0.15) is 0 Å². The molecule has 0 amide bonds. The molecular formula is C14H26O6. The molecule has 1 fully saturated rings. The lowest BCUT2D eigenvalue weighted by atomic mass is 9.91. The van der Waals surface area contributed by atoms with E-state index in [9.17, 15) is 15.0 Å². The molecule has 0 aliphatic carbocycles. The molecule has 6 heteroatoms. The lowest BCUT2D eigenvalue weighted by Gasteiger charge is -2.45. The zero-order valence-corrected chi connectivity index (χ0v) is 12.5. The summed E-state index contributed by atoms with van der Waals surface area (Å²) >= 11 is 0. The normalized spacial score (nSPS) is 34.1. The van der Waals surface area contributed by atoms with Crippen LogP contribution in [0, 0.1) is 0 Å². The first-order valence-corrected chi connectivity index (χ1v) is 7.30. The second kappa shape index (κ2) is 8.05. The Bertz CT molecular complexity index is 308.